The summed E-state index contributed by atoms with van der Waals surface area (Å²) in [4.78, 5) is 44.7. The van der Waals surface area contributed by atoms with Crippen LogP contribution in [0.25, 0.3) is 22.3 Å². The van der Waals surface area contributed by atoms with Crippen LogP contribution in [-0.2, 0) is 23.1 Å². The van der Waals surface area contributed by atoms with E-state index in [1.54, 1.807) is 0 Å². The van der Waals surface area contributed by atoms with Gasteiger partial charge in [-0.15, -0.1) is 0 Å². The maximum Gasteiger partial charge on any atom is 0.472 e. The normalized spacial score (nSPS) is 31.3. The number of hydrogen-bond donors (Lipinski definition) is 7. The summed E-state index contributed by atoms with van der Waals surface area (Å²) in [6.07, 6.45) is -9.30. The molecule has 2 aliphatic heterocycles. The number of phosphoric ester groups is 1. The first-order chi connectivity index (χ1) is 20.0. The molecule has 22 heteroatoms. The number of halogens is 1. The van der Waals surface area contributed by atoms with Gasteiger partial charge in [-0.3, -0.25) is 28.0 Å². The first-order valence-electron chi connectivity index (χ1n) is 12.2. The Labute approximate surface area is 232 Å². The molecule has 4 aromatic rings. The van der Waals surface area contributed by atoms with E-state index in [-0.39, 0.29) is 34.1 Å². The van der Waals surface area contributed by atoms with Crippen LogP contribution in [-0.4, -0.2) is 109 Å². The summed E-state index contributed by atoms with van der Waals surface area (Å²) in [5.41, 5.74) is 10.8. The van der Waals surface area contributed by atoms with Gasteiger partial charge in [0, 0.05) is 0 Å². The summed E-state index contributed by atoms with van der Waals surface area (Å²) in [7, 11) is -5.14. The zero-order chi connectivity index (χ0) is 29.9. The third-order valence-corrected chi connectivity index (χ3v) is 7.81. The Morgan fingerprint density at radius 1 is 1.02 bits per heavy atom. The second kappa shape index (κ2) is 10.6. The molecule has 6 heterocycles. The maximum absolute atomic E-state index is 15.2. The van der Waals surface area contributed by atoms with Crippen LogP contribution in [0.3, 0.4) is 0 Å². The van der Waals surface area contributed by atoms with Crippen LogP contribution in [0.5, 0.6) is 0 Å². The molecule has 0 aliphatic carbocycles. The lowest BCUT2D eigenvalue weighted by atomic mass is 10.1. The molecular formula is C20H24FN10O10P. The van der Waals surface area contributed by atoms with E-state index in [1.807, 2.05) is 0 Å². The highest BCUT2D eigenvalue weighted by molar-refractivity contribution is 7.47. The van der Waals surface area contributed by atoms with Gasteiger partial charge in [-0.2, -0.15) is 4.98 Å². The fraction of sp³-hybridized carbons (Fsp3) is 0.500. The number of fused-ring (bicyclic) bond motifs is 2. The molecule has 2 saturated heterocycles. The summed E-state index contributed by atoms with van der Waals surface area (Å²) >= 11 is 0. The second-order valence-corrected chi connectivity index (χ2v) is 10.8. The van der Waals surface area contributed by atoms with E-state index in [4.69, 9.17) is 30.0 Å². The summed E-state index contributed by atoms with van der Waals surface area (Å²) in [6, 6.07) is 0. The lowest BCUT2D eigenvalue weighted by Crippen LogP contribution is -2.34. The highest BCUT2D eigenvalue weighted by Gasteiger charge is 2.51. The van der Waals surface area contributed by atoms with Crippen molar-refractivity contribution in [3.8, 4) is 0 Å². The number of aliphatic hydroxyl groups is 3. The molecule has 0 amide bonds. The molecule has 4 aromatic heterocycles. The second-order valence-electron chi connectivity index (χ2n) is 9.43. The summed E-state index contributed by atoms with van der Waals surface area (Å²) in [5, 5.41) is 30.7. The Kier molecular flexibility index (Phi) is 7.15. The molecule has 2 fully saturated rings. The average molecular weight is 614 g/mol. The van der Waals surface area contributed by atoms with Crippen LogP contribution >= 0.6 is 7.82 Å². The number of phosphoric acid groups is 1. The van der Waals surface area contributed by atoms with Crippen molar-refractivity contribution in [2.75, 3.05) is 24.7 Å². The van der Waals surface area contributed by atoms with Crippen molar-refractivity contribution in [2.45, 2.75) is 49.1 Å². The number of nitrogen functional groups attached to an aromatic ring is 2. The van der Waals surface area contributed by atoms with Crippen LogP contribution < -0.4 is 17.0 Å². The quantitative estimate of drug-likeness (QED) is 0.101. The van der Waals surface area contributed by atoms with Crippen molar-refractivity contribution in [3.05, 3.63) is 29.3 Å². The number of nitrogens with zero attached hydrogens (tertiary/aromatic N) is 7. The number of H-pyrrole nitrogens is 1. The molecule has 0 spiro atoms. The minimum atomic E-state index is -5.14. The Morgan fingerprint density at radius 3 is 2.45 bits per heavy atom. The number of hydrogen-bond acceptors (Lipinski definition) is 16. The number of nitrogens with two attached hydrogens (primary N) is 2. The molecule has 0 radical (unpaired) electrons. The SMILES string of the molecule is Nc1nc2c(ncn2[C@@H]2O[C@H](CO)[C@@H](F)[C@H]2OP(=O)(O)OC[C@H]2O[C@@H](n3cnc4c(N)ncnc43)[C@H](O)[C@@H]2O)c(=O)[nH]1. The van der Waals surface area contributed by atoms with Crippen LogP contribution in [0.1, 0.15) is 12.5 Å². The number of imidazole rings is 2. The summed E-state index contributed by atoms with van der Waals surface area (Å²) < 4.78 is 51.8. The lowest BCUT2D eigenvalue weighted by Gasteiger charge is -2.24. The molecule has 0 bridgehead atoms. The van der Waals surface area contributed by atoms with E-state index in [2.05, 4.69) is 29.9 Å². The van der Waals surface area contributed by atoms with E-state index in [1.165, 1.54) is 17.2 Å². The van der Waals surface area contributed by atoms with Gasteiger partial charge in [0.25, 0.3) is 5.56 Å². The van der Waals surface area contributed by atoms with Gasteiger partial charge in [0.05, 0.1) is 25.9 Å². The summed E-state index contributed by atoms with van der Waals surface area (Å²) in [5.74, 6) is -0.213. The van der Waals surface area contributed by atoms with Gasteiger partial charge in [-0.05, 0) is 0 Å². The van der Waals surface area contributed by atoms with E-state index in [9.17, 15) is 29.6 Å². The van der Waals surface area contributed by atoms with Gasteiger partial charge < -0.3 is 41.2 Å². The van der Waals surface area contributed by atoms with Crippen molar-refractivity contribution in [2.24, 2.45) is 0 Å². The maximum atomic E-state index is 15.2. The van der Waals surface area contributed by atoms with Crippen molar-refractivity contribution in [1.82, 2.24) is 39.0 Å². The number of aromatic nitrogens is 8. The van der Waals surface area contributed by atoms with Crippen molar-refractivity contribution >= 4 is 41.9 Å². The topological polar surface area (TPSA) is 294 Å². The molecule has 1 unspecified atom stereocenters. The highest BCUT2D eigenvalue weighted by atomic mass is 31.2. The lowest BCUT2D eigenvalue weighted by molar-refractivity contribution is -0.0615. The first-order valence-corrected chi connectivity index (χ1v) is 13.7. The summed E-state index contributed by atoms with van der Waals surface area (Å²) in [6.45, 7) is -1.61. The fourth-order valence-electron chi connectivity index (χ4n) is 4.81. The minimum absolute atomic E-state index is 0.0728. The molecule has 9 N–H and O–H groups in total. The molecule has 9 atom stereocenters. The highest BCUT2D eigenvalue weighted by Crippen LogP contribution is 2.50. The average Bonchev–Trinajstić information content (AvgIpc) is 3.69. The number of nitrogens with one attached hydrogen (secondary N) is 1. The number of alkyl halides is 1. The smallest absolute Gasteiger partial charge is 0.394 e. The van der Waals surface area contributed by atoms with Crippen molar-refractivity contribution < 1.29 is 47.7 Å². The Balaban J connectivity index is 1.19. The van der Waals surface area contributed by atoms with Crippen LogP contribution in [0.4, 0.5) is 16.2 Å². The van der Waals surface area contributed by atoms with E-state index >= 15 is 4.39 Å². The molecular weight excluding hydrogens is 590 g/mol. The predicted octanol–water partition coefficient (Wildman–Crippen LogP) is -2.53. The van der Waals surface area contributed by atoms with Gasteiger partial charge in [0.1, 0.15) is 42.4 Å². The van der Waals surface area contributed by atoms with Crippen LogP contribution in [0.15, 0.2) is 23.8 Å². The zero-order valence-electron chi connectivity index (χ0n) is 21.1. The van der Waals surface area contributed by atoms with Gasteiger partial charge >= 0.3 is 7.82 Å². The predicted molar refractivity (Wildman–Crippen MR) is 135 cm³/mol. The number of aromatic amines is 1. The van der Waals surface area contributed by atoms with E-state index in [0.717, 1.165) is 10.9 Å². The number of aliphatic hydroxyl groups excluding tert-OH is 3. The van der Waals surface area contributed by atoms with Crippen LogP contribution in [0, 0.1) is 0 Å². The standard InChI is InChI=1S/C20H24FN10O10P/c21-8-6(1-32)39-19(31-5-27-10-16(31)28-20(23)29-17(10)35)13(8)41-42(36,37)38-2-7-11(33)12(34)18(40-7)30-4-26-9-14(22)24-3-25-15(9)30/h3-8,11-13,18-19,32-34H,1-2H2,(H,36,37)(H2,22,24,25)(H3,23,28,29,35)/t6-,7-,8-,11-,12-,13-,18-,19-/m1/s1. The zero-order valence-corrected chi connectivity index (χ0v) is 22.0. The molecule has 20 nitrogen and oxygen atoms in total. The molecule has 6 rings (SSSR count). The Hall–Kier alpha value is -3.66. The van der Waals surface area contributed by atoms with Crippen molar-refractivity contribution in [3.63, 3.8) is 0 Å². The molecule has 42 heavy (non-hydrogen) atoms. The molecule has 2 aliphatic rings. The van der Waals surface area contributed by atoms with Crippen LogP contribution in [0.2, 0.25) is 0 Å². The van der Waals surface area contributed by atoms with Gasteiger partial charge in [-0.25, -0.2) is 28.9 Å². The van der Waals surface area contributed by atoms with E-state index in [0.29, 0.717) is 0 Å². The molecule has 0 saturated carbocycles. The number of ether oxygens (including phenoxy) is 2. The van der Waals surface area contributed by atoms with Gasteiger partial charge in [0.15, 0.2) is 41.3 Å². The monoisotopic (exact) mass is 614 g/mol. The Morgan fingerprint density at radius 2 is 1.71 bits per heavy atom. The third-order valence-electron chi connectivity index (χ3n) is 6.82. The minimum Gasteiger partial charge on any atom is -0.394 e. The van der Waals surface area contributed by atoms with Gasteiger partial charge in [0.2, 0.25) is 5.95 Å². The first kappa shape index (κ1) is 28.5. The number of rotatable bonds is 8. The Bertz CT molecular complexity index is 1730. The fourth-order valence-corrected chi connectivity index (χ4v) is 5.74. The number of anilines is 2. The largest absolute Gasteiger partial charge is 0.472 e. The molecule has 226 valence electrons. The van der Waals surface area contributed by atoms with Gasteiger partial charge in [-0.1, -0.05) is 0 Å². The third kappa shape index (κ3) is 4.79. The van der Waals surface area contributed by atoms with E-state index < -0.39 is 75.7 Å². The van der Waals surface area contributed by atoms with Crippen molar-refractivity contribution in [1.29, 1.82) is 0 Å². The molecule has 0 aromatic carbocycles.